The Labute approximate surface area is 198 Å². The molecule has 1 unspecified atom stereocenters. The summed E-state index contributed by atoms with van der Waals surface area (Å²) in [7, 11) is 0. The van der Waals surface area contributed by atoms with Gasteiger partial charge >= 0.3 is 6.18 Å². The third-order valence-electron chi connectivity index (χ3n) is 6.54. The zero-order valence-electron chi connectivity index (χ0n) is 19.1. The van der Waals surface area contributed by atoms with Crippen LogP contribution in [0.15, 0.2) is 61.3 Å². The van der Waals surface area contributed by atoms with Gasteiger partial charge in [-0.1, -0.05) is 43.0 Å². The van der Waals surface area contributed by atoms with Crippen molar-refractivity contribution in [1.82, 2.24) is 4.90 Å². The summed E-state index contributed by atoms with van der Waals surface area (Å²) in [5, 5.41) is 9.14. The van der Waals surface area contributed by atoms with Crippen molar-refractivity contribution in [3.8, 4) is 6.07 Å². The van der Waals surface area contributed by atoms with Crippen LogP contribution in [-0.4, -0.2) is 23.9 Å². The zero-order chi connectivity index (χ0) is 24.7. The van der Waals surface area contributed by atoms with E-state index in [0.29, 0.717) is 25.1 Å². The Morgan fingerprint density at radius 3 is 2.29 bits per heavy atom. The molecule has 7 heteroatoms. The Balaban J connectivity index is 0.00000103. The number of rotatable bonds is 5. The van der Waals surface area contributed by atoms with Crippen LogP contribution in [0.4, 0.5) is 13.2 Å². The lowest BCUT2D eigenvalue weighted by molar-refractivity contribution is -0.138. The number of halogens is 3. The molecule has 0 aromatic heterocycles. The van der Waals surface area contributed by atoms with Gasteiger partial charge in [0.05, 0.1) is 17.2 Å². The number of carbonyl (C=O) groups excluding carboxylic acids is 1. The summed E-state index contributed by atoms with van der Waals surface area (Å²) in [4.78, 5) is 14.3. The molecule has 2 N–H and O–H groups in total. The number of piperidine rings is 1. The molecule has 4 rings (SSSR count). The SMILES string of the molecule is C=CN.N#Cc1ccc(C(Cc2ccccc2)C2CCN(C(=O)C3CC3)CC2)cc1C(F)(F)F. The van der Waals surface area contributed by atoms with Crippen LogP contribution in [0.5, 0.6) is 0 Å². The average Bonchev–Trinajstić information content (AvgIpc) is 3.68. The number of amides is 1. The number of hydrogen-bond acceptors (Lipinski definition) is 3. The summed E-state index contributed by atoms with van der Waals surface area (Å²) in [6.45, 7) is 4.46. The lowest BCUT2D eigenvalue weighted by Gasteiger charge is -2.37. The molecule has 2 aliphatic rings. The van der Waals surface area contributed by atoms with Gasteiger partial charge in [0, 0.05) is 19.0 Å². The third kappa shape index (κ3) is 6.40. The number of carbonyl (C=O) groups is 1. The van der Waals surface area contributed by atoms with Crippen LogP contribution in [0.2, 0.25) is 0 Å². The summed E-state index contributed by atoms with van der Waals surface area (Å²) in [5.74, 6) is 0.493. The van der Waals surface area contributed by atoms with Gasteiger partial charge in [0.25, 0.3) is 0 Å². The van der Waals surface area contributed by atoms with Crippen LogP contribution in [0.3, 0.4) is 0 Å². The summed E-state index contributed by atoms with van der Waals surface area (Å²) in [6, 6.07) is 15.6. The predicted molar refractivity (Wildman–Crippen MR) is 125 cm³/mol. The molecule has 4 nitrogen and oxygen atoms in total. The average molecular weight is 470 g/mol. The van der Waals surface area contributed by atoms with Gasteiger partial charge in [0.2, 0.25) is 5.91 Å². The number of nitriles is 1. The molecule has 1 saturated carbocycles. The molecule has 1 heterocycles. The molecule has 2 aromatic carbocycles. The summed E-state index contributed by atoms with van der Waals surface area (Å²) >= 11 is 0. The Morgan fingerprint density at radius 1 is 1.15 bits per heavy atom. The van der Waals surface area contributed by atoms with Gasteiger partial charge in [-0.05, 0) is 73.4 Å². The highest BCUT2D eigenvalue weighted by atomic mass is 19.4. The standard InChI is InChI=1S/C25H25F3N2O.C2H5N/c26-25(27,28)23-15-20(8-9-21(23)16-29)22(14-17-4-2-1-3-5-17)18-10-12-30(13-11-18)24(31)19-6-7-19;1-2-3/h1-5,8-9,15,18-19,22H,6-7,10-14H2;2H,1,3H2. The number of nitrogens with two attached hydrogens (primary N) is 1. The van der Waals surface area contributed by atoms with Crippen LogP contribution in [0.1, 0.15) is 53.9 Å². The van der Waals surface area contributed by atoms with E-state index in [1.54, 1.807) is 12.1 Å². The van der Waals surface area contributed by atoms with Crippen LogP contribution in [0.25, 0.3) is 0 Å². The molecular formula is C27H30F3N3O. The minimum absolute atomic E-state index is 0.102. The lowest BCUT2D eigenvalue weighted by Crippen LogP contribution is -2.40. The van der Waals surface area contributed by atoms with Crippen molar-refractivity contribution in [2.24, 2.45) is 17.6 Å². The number of alkyl halides is 3. The van der Waals surface area contributed by atoms with Crippen molar-refractivity contribution in [2.75, 3.05) is 13.1 Å². The summed E-state index contributed by atoms with van der Waals surface area (Å²) in [5.41, 5.74) is 5.08. The van der Waals surface area contributed by atoms with Crippen LogP contribution >= 0.6 is 0 Å². The van der Waals surface area contributed by atoms with Gasteiger partial charge in [-0.25, -0.2) is 0 Å². The van der Waals surface area contributed by atoms with Crippen LogP contribution in [-0.2, 0) is 17.4 Å². The predicted octanol–water partition coefficient (Wildman–Crippen LogP) is 5.64. The van der Waals surface area contributed by atoms with E-state index < -0.39 is 11.7 Å². The minimum Gasteiger partial charge on any atom is -0.405 e. The molecule has 34 heavy (non-hydrogen) atoms. The fourth-order valence-corrected chi connectivity index (χ4v) is 4.66. The molecule has 1 aliphatic heterocycles. The normalized spacial score (nSPS) is 17.2. The molecule has 0 bridgehead atoms. The highest BCUT2D eigenvalue weighted by Crippen LogP contribution is 2.40. The first kappa shape index (κ1) is 25.4. The first-order valence-corrected chi connectivity index (χ1v) is 11.5. The Hall–Kier alpha value is -3.27. The smallest absolute Gasteiger partial charge is 0.405 e. The summed E-state index contributed by atoms with van der Waals surface area (Å²) < 4.78 is 40.7. The minimum atomic E-state index is -4.57. The fraction of sp³-hybridized carbons (Fsp3) is 0.407. The quantitative estimate of drug-likeness (QED) is 0.616. The van der Waals surface area contributed by atoms with E-state index in [9.17, 15) is 18.0 Å². The maximum Gasteiger partial charge on any atom is 0.417 e. The van der Waals surface area contributed by atoms with Crippen molar-refractivity contribution in [3.05, 3.63) is 83.6 Å². The third-order valence-corrected chi connectivity index (χ3v) is 6.54. The molecule has 1 saturated heterocycles. The van der Waals surface area contributed by atoms with Crippen molar-refractivity contribution in [1.29, 1.82) is 5.26 Å². The van der Waals surface area contributed by atoms with Crippen LogP contribution < -0.4 is 5.73 Å². The first-order valence-electron chi connectivity index (χ1n) is 11.5. The lowest BCUT2D eigenvalue weighted by atomic mass is 9.76. The van der Waals surface area contributed by atoms with E-state index >= 15 is 0 Å². The fourth-order valence-electron chi connectivity index (χ4n) is 4.66. The van der Waals surface area contributed by atoms with Gasteiger partial charge in [-0.15, -0.1) is 0 Å². The number of hydrogen-bond donors (Lipinski definition) is 1. The second-order valence-electron chi connectivity index (χ2n) is 8.88. The number of nitrogens with zero attached hydrogens (tertiary/aromatic N) is 2. The second-order valence-corrected chi connectivity index (χ2v) is 8.88. The van der Waals surface area contributed by atoms with E-state index in [2.05, 4.69) is 12.3 Å². The van der Waals surface area contributed by atoms with Gasteiger partial charge in [-0.2, -0.15) is 18.4 Å². The van der Waals surface area contributed by atoms with Crippen molar-refractivity contribution in [3.63, 3.8) is 0 Å². The maximum atomic E-state index is 13.6. The van der Waals surface area contributed by atoms with E-state index in [4.69, 9.17) is 5.26 Å². The van der Waals surface area contributed by atoms with Crippen molar-refractivity contribution < 1.29 is 18.0 Å². The second kappa shape index (κ2) is 11.2. The molecule has 0 radical (unpaired) electrons. The molecule has 1 aliphatic carbocycles. The van der Waals surface area contributed by atoms with E-state index in [-0.39, 0.29) is 29.2 Å². The van der Waals surface area contributed by atoms with Gasteiger partial charge < -0.3 is 10.6 Å². The zero-order valence-corrected chi connectivity index (χ0v) is 19.1. The monoisotopic (exact) mass is 469 g/mol. The molecule has 180 valence electrons. The molecule has 1 atom stereocenters. The van der Waals surface area contributed by atoms with E-state index in [1.165, 1.54) is 12.3 Å². The molecule has 1 amide bonds. The largest absolute Gasteiger partial charge is 0.417 e. The number of benzene rings is 2. The Bertz CT molecular complexity index is 1020. The molecule has 0 spiro atoms. The Morgan fingerprint density at radius 2 is 1.76 bits per heavy atom. The summed E-state index contributed by atoms with van der Waals surface area (Å²) in [6.07, 6.45) is 0.806. The van der Waals surface area contributed by atoms with Crippen molar-refractivity contribution in [2.45, 2.75) is 44.2 Å². The molecule has 2 fully saturated rings. The van der Waals surface area contributed by atoms with E-state index in [0.717, 1.165) is 37.3 Å². The van der Waals surface area contributed by atoms with E-state index in [1.807, 2.05) is 35.2 Å². The van der Waals surface area contributed by atoms with Gasteiger partial charge in [0.15, 0.2) is 0 Å². The molecular weight excluding hydrogens is 439 g/mol. The highest BCUT2D eigenvalue weighted by molar-refractivity contribution is 5.81. The Kier molecular flexibility index (Phi) is 8.38. The van der Waals surface area contributed by atoms with Crippen LogP contribution in [0, 0.1) is 23.2 Å². The molecule has 2 aromatic rings. The topological polar surface area (TPSA) is 70.1 Å². The van der Waals surface area contributed by atoms with Crippen molar-refractivity contribution >= 4 is 5.91 Å². The van der Waals surface area contributed by atoms with Gasteiger partial charge in [0.1, 0.15) is 0 Å². The maximum absolute atomic E-state index is 13.6. The van der Waals surface area contributed by atoms with Gasteiger partial charge in [-0.3, -0.25) is 4.79 Å². The highest BCUT2D eigenvalue weighted by Gasteiger charge is 2.38. The first-order chi connectivity index (χ1) is 16.3. The number of likely N-dealkylation sites (tertiary alicyclic amines) is 1.